The highest BCUT2D eigenvalue weighted by molar-refractivity contribution is 7.12. The van der Waals surface area contributed by atoms with Crippen molar-refractivity contribution in [1.82, 2.24) is 0 Å². The molecular formula is C13H18S. The molecule has 1 aromatic heterocycles. The summed E-state index contributed by atoms with van der Waals surface area (Å²) in [5.74, 6) is 2.78. The lowest BCUT2D eigenvalue weighted by molar-refractivity contribution is 0.456. The van der Waals surface area contributed by atoms with Crippen LogP contribution in [-0.2, 0) is 0 Å². The summed E-state index contributed by atoms with van der Waals surface area (Å²) in [5, 5.41) is 0. The molecule has 1 heterocycles. The van der Waals surface area contributed by atoms with E-state index in [0.717, 1.165) is 17.8 Å². The van der Waals surface area contributed by atoms with E-state index in [1.807, 2.05) is 11.3 Å². The van der Waals surface area contributed by atoms with Crippen molar-refractivity contribution in [2.75, 3.05) is 0 Å². The molecule has 3 rings (SSSR count). The summed E-state index contributed by atoms with van der Waals surface area (Å²) in [5.41, 5.74) is 3.50. The predicted octanol–water partition coefficient (Wildman–Crippen LogP) is 4.37. The maximum Gasteiger partial charge on any atom is 0.00549 e. The van der Waals surface area contributed by atoms with Crippen molar-refractivity contribution in [3.05, 3.63) is 20.9 Å². The molecule has 0 radical (unpaired) electrons. The van der Waals surface area contributed by atoms with Crippen molar-refractivity contribution >= 4 is 11.3 Å². The van der Waals surface area contributed by atoms with Gasteiger partial charge in [0.1, 0.15) is 0 Å². The molecule has 0 aliphatic heterocycles. The number of hydrogen-bond acceptors (Lipinski definition) is 1. The molecule has 0 N–H and O–H groups in total. The Kier molecular flexibility index (Phi) is 1.82. The van der Waals surface area contributed by atoms with Crippen LogP contribution in [0.1, 0.15) is 58.9 Å². The van der Waals surface area contributed by atoms with Gasteiger partial charge < -0.3 is 0 Å². The van der Waals surface area contributed by atoms with Crippen molar-refractivity contribution < 1.29 is 0 Å². The van der Waals surface area contributed by atoms with Gasteiger partial charge in [0.05, 0.1) is 0 Å². The standard InChI is InChI=1S/C13H18S/c1-7-10-5-4-6-11(10)13-9(3)14-8(2)12(7)13/h7,10-11H,4-6H2,1-3H3. The molecule has 3 atom stereocenters. The second kappa shape index (κ2) is 2.85. The fourth-order valence-electron chi connectivity index (χ4n) is 3.91. The second-order valence-electron chi connectivity index (χ2n) is 5.03. The Hall–Kier alpha value is -0.300. The fourth-order valence-corrected chi connectivity index (χ4v) is 5.14. The Morgan fingerprint density at radius 3 is 2.57 bits per heavy atom. The molecule has 1 fully saturated rings. The van der Waals surface area contributed by atoms with Gasteiger partial charge in [-0.2, -0.15) is 0 Å². The van der Waals surface area contributed by atoms with Crippen molar-refractivity contribution in [2.45, 2.75) is 51.9 Å². The molecular weight excluding hydrogens is 188 g/mol. The third-order valence-electron chi connectivity index (χ3n) is 4.39. The Morgan fingerprint density at radius 2 is 1.79 bits per heavy atom. The van der Waals surface area contributed by atoms with Gasteiger partial charge in [-0.05, 0) is 55.6 Å². The SMILES string of the molecule is Cc1sc(C)c2c1C(C)C1CCCC21. The molecule has 0 bridgehead atoms. The minimum absolute atomic E-state index is 0.849. The number of rotatable bonds is 0. The highest BCUT2D eigenvalue weighted by Crippen LogP contribution is 2.58. The lowest BCUT2D eigenvalue weighted by Gasteiger charge is -2.15. The van der Waals surface area contributed by atoms with Gasteiger partial charge in [-0.1, -0.05) is 13.3 Å². The molecule has 0 aromatic carbocycles. The maximum absolute atomic E-state index is 2.45. The van der Waals surface area contributed by atoms with Crippen LogP contribution in [0.3, 0.4) is 0 Å². The van der Waals surface area contributed by atoms with Gasteiger partial charge >= 0.3 is 0 Å². The van der Waals surface area contributed by atoms with Crippen LogP contribution in [-0.4, -0.2) is 0 Å². The normalized spacial score (nSPS) is 34.6. The molecule has 1 saturated carbocycles. The summed E-state index contributed by atoms with van der Waals surface area (Å²) >= 11 is 2.02. The van der Waals surface area contributed by atoms with Crippen LogP contribution in [0.15, 0.2) is 0 Å². The molecule has 14 heavy (non-hydrogen) atoms. The van der Waals surface area contributed by atoms with E-state index in [-0.39, 0.29) is 0 Å². The van der Waals surface area contributed by atoms with E-state index < -0.39 is 0 Å². The molecule has 2 aliphatic carbocycles. The maximum atomic E-state index is 2.45. The Labute approximate surface area is 90.3 Å². The van der Waals surface area contributed by atoms with Gasteiger partial charge in [0.25, 0.3) is 0 Å². The van der Waals surface area contributed by atoms with Crippen molar-refractivity contribution in [1.29, 1.82) is 0 Å². The first-order valence-corrected chi connectivity index (χ1v) is 6.61. The fraction of sp³-hybridized carbons (Fsp3) is 0.692. The number of thiophene rings is 1. The predicted molar refractivity (Wildman–Crippen MR) is 62.3 cm³/mol. The van der Waals surface area contributed by atoms with E-state index in [1.54, 1.807) is 20.9 Å². The lowest BCUT2D eigenvalue weighted by atomic mass is 9.91. The molecule has 0 saturated heterocycles. The summed E-state index contributed by atoms with van der Waals surface area (Å²) in [6.07, 6.45) is 4.40. The van der Waals surface area contributed by atoms with Crippen LogP contribution in [0.5, 0.6) is 0 Å². The summed E-state index contributed by atoms with van der Waals surface area (Å²) in [4.78, 5) is 3.21. The molecule has 0 amide bonds. The van der Waals surface area contributed by atoms with Crippen LogP contribution in [0.25, 0.3) is 0 Å². The van der Waals surface area contributed by atoms with E-state index in [9.17, 15) is 0 Å². The Balaban J connectivity index is 2.19. The quantitative estimate of drug-likeness (QED) is 0.591. The van der Waals surface area contributed by atoms with Crippen molar-refractivity contribution in [2.24, 2.45) is 5.92 Å². The monoisotopic (exact) mass is 206 g/mol. The lowest BCUT2D eigenvalue weighted by Crippen LogP contribution is -2.03. The third-order valence-corrected chi connectivity index (χ3v) is 5.44. The van der Waals surface area contributed by atoms with E-state index in [2.05, 4.69) is 20.8 Å². The van der Waals surface area contributed by atoms with Crippen LogP contribution < -0.4 is 0 Å². The molecule has 3 unspecified atom stereocenters. The molecule has 76 valence electrons. The van der Waals surface area contributed by atoms with Crippen LogP contribution in [0, 0.1) is 19.8 Å². The first-order valence-electron chi connectivity index (χ1n) is 5.80. The molecule has 0 nitrogen and oxygen atoms in total. The Bertz CT molecular complexity index is 375. The number of hydrogen-bond donors (Lipinski definition) is 0. The first kappa shape index (κ1) is 8.96. The third kappa shape index (κ3) is 0.942. The summed E-state index contributed by atoms with van der Waals surface area (Å²) < 4.78 is 0. The van der Waals surface area contributed by atoms with Gasteiger partial charge in [0.2, 0.25) is 0 Å². The summed E-state index contributed by atoms with van der Waals surface area (Å²) in [7, 11) is 0. The van der Waals surface area contributed by atoms with E-state index >= 15 is 0 Å². The zero-order valence-electron chi connectivity index (χ0n) is 9.26. The topological polar surface area (TPSA) is 0 Å². The van der Waals surface area contributed by atoms with Crippen molar-refractivity contribution in [3.8, 4) is 0 Å². The molecule has 0 spiro atoms. The Morgan fingerprint density at radius 1 is 1.07 bits per heavy atom. The molecule has 2 aliphatic rings. The van der Waals surface area contributed by atoms with E-state index in [1.165, 1.54) is 19.3 Å². The van der Waals surface area contributed by atoms with E-state index in [4.69, 9.17) is 0 Å². The van der Waals surface area contributed by atoms with Crippen molar-refractivity contribution in [3.63, 3.8) is 0 Å². The van der Waals surface area contributed by atoms with E-state index in [0.29, 0.717) is 0 Å². The summed E-state index contributed by atoms with van der Waals surface area (Å²) in [6.45, 7) is 7.09. The van der Waals surface area contributed by atoms with Gasteiger partial charge in [-0.3, -0.25) is 0 Å². The second-order valence-corrected chi connectivity index (χ2v) is 6.46. The average molecular weight is 206 g/mol. The highest BCUT2D eigenvalue weighted by atomic mass is 32.1. The highest BCUT2D eigenvalue weighted by Gasteiger charge is 2.43. The molecule has 1 heteroatoms. The average Bonchev–Trinajstić information content (AvgIpc) is 2.72. The zero-order valence-corrected chi connectivity index (χ0v) is 10.1. The molecule has 1 aromatic rings. The minimum atomic E-state index is 0.849. The van der Waals surface area contributed by atoms with Crippen LogP contribution in [0.2, 0.25) is 0 Å². The van der Waals surface area contributed by atoms with Crippen LogP contribution >= 0.6 is 11.3 Å². The number of aryl methyl sites for hydroxylation is 2. The first-order chi connectivity index (χ1) is 6.70. The largest absolute Gasteiger partial charge is 0.145 e. The summed E-state index contributed by atoms with van der Waals surface area (Å²) in [6, 6.07) is 0. The van der Waals surface area contributed by atoms with Gasteiger partial charge in [-0.25, -0.2) is 0 Å². The number of fused-ring (bicyclic) bond motifs is 3. The van der Waals surface area contributed by atoms with Crippen LogP contribution in [0.4, 0.5) is 0 Å². The van der Waals surface area contributed by atoms with Gasteiger partial charge in [0, 0.05) is 9.75 Å². The minimum Gasteiger partial charge on any atom is -0.145 e. The van der Waals surface area contributed by atoms with Gasteiger partial charge in [-0.15, -0.1) is 11.3 Å². The van der Waals surface area contributed by atoms with Gasteiger partial charge in [0.15, 0.2) is 0 Å². The zero-order chi connectivity index (χ0) is 9.87. The smallest absolute Gasteiger partial charge is 0.00549 e.